The van der Waals surface area contributed by atoms with Crippen molar-refractivity contribution in [2.75, 3.05) is 32.9 Å². The number of esters is 1. The van der Waals surface area contributed by atoms with Crippen LogP contribution in [0, 0.1) is 0 Å². The molecule has 0 radical (unpaired) electrons. The molecule has 0 unspecified atom stereocenters. The molecule has 1 fully saturated rings. The van der Waals surface area contributed by atoms with Gasteiger partial charge in [-0.1, -0.05) is 0 Å². The van der Waals surface area contributed by atoms with E-state index in [-0.39, 0.29) is 23.7 Å². The third-order valence-corrected chi connectivity index (χ3v) is 6.72. The van der Waals surface area contributed by atoms with E-state index in [2.05, 4.69) is 0 Å². The summed E-state index contributed by atoms with van der Waals surface area (Å²) < 4.78 is 36.6. The van der Waals surface area contributed by atoms with Crippen LogP contribution in [-0.2, 0) is 30.7 Å². The van der Waals surface area contributed by atoms with Gasteiger partial charge < -0.3 is 9.47 Å². The number of benzene rings is 1. The fourth-order valence-corrected chi connectivity index (χ4v) is 4.67. The van der Waals surface area contributed by atoms with Crippen LogP contribution in [0.1, 0.15) is 15.9 Å². The second-order valence-electron chi connectivity index (χ2n) is 5.93. The van der Waals surface area contributed by atoms with Crippen LogP contribution in [0.4, 0.5) is 0 Å². The SMILES string of the molecule is O=C(Cc1ccsc1)OCC(=O)c1ccc(S(=O)(=O)N2CCOCC2)cc1. The van der Waals surface area contributed by atoms with Crippen molar-refractivity contribution in [3.05, 3.63) is 52.2 Å². The molecule has 27 heavy (non-hydrogen) atoms. The lowest BCUT2D eigenvalue weighted by molar-refractivity contribution is -0.141. The average Bonchev–Trinajstić information content (AvgIpc) is 3.20. The minimum atomic E-state index is -3.60. The van der Waals surface area contributed by atoms with Gasteiger partial charge in [-0.25, -0.2) is 8.42 Å². The fourth-order valence-electron chi connectivity index (χ4n) is 2.59. The summed E-state index contributed by atoms with van der Waals surface area (Å²) in [5.41, 5.74) is 1.13. The van der Waals surface area contributed by atoms with Crippen LogP contribution in [0.3, 0.4) is 0 Å². The zero-order chi connectivity index (χ0) is 19.3. The molecule has 0 amide bonds. The molecule has 7 nitrogen and oxygen atoms in total. The molecular formula is C18H19NO6S2. The van der Waals surface area contributed by atoms with Crippen LogP contribution in [0.2, 0.25) is 0 Å². The molecule has 1 aromatic heterocycles. The lowest BCUT2D eigenvalue weighted by Crippen LogP contribution is -2.40. The summed E-state index contributed by atoms with van der Waals surface area (Å²) in [6, 6.07) is 7.47. The quantitative estimate of drug-likeness (QED) is 0.511. The minimum absolute atomic E-state index is 0.119. The molecule has 2 heterocycles. The lowest BCUT2D eigenvalue weighted by Gasteiger charge is -2.26. The molecule has 2 aromatic rings. The Kier molecular flexibility index (Phi) is 6.38. The number of rotatable bonds is 7. The number of sulfonamides is 1. The smallest absolute Gasteiger partial charge is 0.310 e. The number of carbonyl (C=O) groups excluding carboxylic acids is 2. The third-order valence-electron chi connectivity index (χ3n) is 4.08. The van der Waals surface area contributed by atoms with Crippen molar-refractivity contribution in [1.29, 1.82) is 0 Å². The summed E-state index contributed by atoms with van der Waals surface area (Å²) in [7, 11) is -3.60. The van der Waals surface area contributed by atoms with Gasteiger partial charge in [-0.05, 0) is 46.7 Å². The normalized spacial score (nSPS) is 15.4. The number of carbonyl (C=O) groups is 2. The Morgan fingerprint density at radius 1 is 1.11 bits per heavy atom. The maximum Gasteiger partial charge on any atom is 0.310 e. The van der Waals surface area contributed by atoms with Gasteiger partial charge in [0.15, 0.2) is 12.4 Å². The first-order valence-corrected chi connectivity index (χ1v) is 10.7. The number of ether oxygens (including phenoxy) is 2. The van der Waals surface area contributed by atoms with Gasteiger partial charge in [0.25, 0.3) is 0 Å². The Morgan fingerprint density at radius 3 is 2.44 bits per heavy atom. The predicted molar refractivity (Wildman–Crippen MR) is 99.3 cm³/mol. The van der Waals surface area contributed by atoms with E-state index in [4.69, 9.17) is 9.47 Å². The first-order valence-electron chi connectivity index (χ1n) is 8.35. The number of hydrogen-bond acceptors (Lipinski definition) is 7. The topological polar surface area (TPSA) is 90.0 Å². The molecule has 1 aliphatic heterocycles. The molecule has 144 valence electrons. The molecule has 0 spiro atoms. The van der Waals surface area contributed by atoms with Gasteiger partial charge >= 0.3 is 5.97 Å². The van der Waals surface area contributed by atoms with Crippen molar-refractivity contribution in [3.8, 4) is 0 Å². The Labute approximate surface area is 161 Å². The zero-order valence-corrected chi connectivity index (χ0v) is 16.1. The number of morpholine rings is 1. The largest absolute Gasteiger partial charge is 0.457 e. The molecule has 0 saturated carbocycles. The van der Waals surface area contributed by atoms with Crippen LogP contribution in [0.25, 0.3) is 0 Å². The van der Waals surface area contributed by atoms with E-state index >= 15 is 0 Å². The number of thiophene rings is 1. The van der Waals surface area contributed by atoms with Crippen molar-refractivity contribution in [1.82, 2.24) is 4.31 Å². The highest BCUT2D eigenvalue weighted by Crippen LogP contribution is 2.18. The summed E-state index contributed by atoms with van der Waals surface area (Å²) in [6.07, 6.45) is 0.119. The zero-order valence-electron chi connectivity index (χ0n) is 14.5. The maximum atomic E-state index is 12.6. The second-order valence-corrected chi connectivity index (χ2v) is 8.65. The van der Waals surface area contributed by atoms with E-state index in [0.717, 1.165) is 5.56 Å². The van der Waals surface area contributed by atoms with E-state index in [0.29, 0.717) is 31.9 Å². The highest BCUT2D eigenvalue weighted by molar-refractivity contribution is 7.89. The Bertz CT molecular complexity index is 884. The van der Waals surface area contributed by atoms with E-state index in [1.54, 1.807) is 0 Å². The van der Waals surface area contributed by atoms with Gasteiger partial charge in [0, 0.05) is 18.7 Å². The van der Waals surface area contributed by atoms with E-state index < -0.39 is 16.0 Å². The van der Waals surface area contributed by atoms with Crippen LogP contribution < -0.4 is 0 Å². The molecule has 3 rings (SSSR count). The number of nitrogens with zero attached hydrogens (tertiary/aromatic N) is 1. The van der Waals surface area contributed by atoms with Crippen molar-refractivity contribution >= 4 is 33.1 Å². The van der Waals surface area contributed by atoms with Gasteiger partial charge in [0.05, 0.1) is 24.5 Å². The minimum Gasteiger partial charge on any atom is -0.457 e. The van der Waals surface area contributed by atoms with Crippen molar-refractivity contribution < 1.29 is 27.5 Å². The van der Waals surface area contributed by atoms with Crippen molar-refractivity contribution in [2.45, 2.75) is 11.3 Å². The van der Waals surface area contributed by atoms with E-state index in [9.17, 15) is 18.0 Å². The molecule has 1 aliphatic rings. The lowest BCUT2D eigenvalue weighted by atomic mass is 10.1. The highest BCUT2D eigenvalue weighted by Gasteiger charge is 2.26. The van der Waals surface area contributed by atoms with Crippen LogP contribution in [0.15, 0.2) is 46.0 Å². The van der Waals surface area contributed by atoms with Crippen LogP contribution in [0.5, 0.6) is 0 Å². The molecule has 1 saturated heterocycles. The van der Waals surface area contributed by atoms with Gasteiger partial charge in [-0.3, -0.25) is 9.59 Å². The van der Waals surface area contributed by atoms with Gasteiger partial charge in [-0.2, -0.15) is 15.6 Å². The summed E-state index contributed by atoms with van der Waals surface area (Å²) in [5, 5.41) is 3.71. The molecule has 1 aromatic carbocycles. The highest BCUT2D eigenvalue weighted by atomic mass is 32.2. The van der Waals surface area contributed by atoms with Gasteiger partial charge in [0.2, 0.25) is 10.0 Å². The molecule has 9 heteroatoms. The van der Waals surface area contributed by atoms with Gasteiger partial charge in [0.1, 0.15) is 0 Å². The van der Waals surface area contributed by atoms with Crippen LogP contribution >= 0.6 is 11.3 Å². The molecule has 0 bridgehead atoms. The molecule has 0 aliphatic carbocycles. The molecule has 0 atom stereocenters. The van der Waals surface area contributed by atoms with Gasteiger partial charge in [-0.15, -0.1) is 0 Å². The third kappa shape index (κ3) is 5.01. The number of Topliss-reactive ketones (excluding diaryl/α,β-unsaturated/α-hetero) is 1. The first-order chi connectivity index (χ1) is 13.0. The van der Waals surface area contributed by atoms with Crippen LogP contribution in [-0.4, -0.2) is 57.4 Å². The molecular weight excluding hydrogens is 390 g/mol. The average molecular weight is 409 g/mol. The standard InChI is InChI=1S/C18H19NO6S2/c20-17(12-25-18(21)11-14-5-10-26-13-14)15-1-3-16(4-2-15)27(22,23)19-6-8-24-9-7-19/h1-5,10,13H,6-9,11-12H2. The number of ketones is 1. The number of hydrogen-bond donors (Lipinski definition) is 0. The second kappa shape index (κ2) is 8.75. The van der Waals surface area contributed by atoms with E-state index in [1.165, 1.54) is 39.9 Å². The van der Waals surface area contributed by atoms with E-state index in [1.807, 2.05) is 16.8 Å². The first kappa shape index (κ1) is 19.7. The molecule has 0 N–H and O–H groups in total. The summed E-state index contributed by atoms with van der Waals surface area (Å²) in [6.45, 7) is 0.976. The van der Waals surface area contributed by atoms with Crippen molar-refractivity contribution in [2.24, 2.45) is 0 Å². The predicted octanol–water partition coefficient (Wildman–Crippen LogP) is 1.74. The summed E-state index contributed by atoms with van der Waals surface area (Å²) in [4.78, 5) is 24.0. The maximum absolute atomic E-state index is 12.6. The van der Waals surface area contributed by atoms with Crippen molar-refractivity contribution in [3.63, 3.8) is 0 Å². The Morgan fingerprint density at radius 2 is 1.81 bits per heavy atom. The Hall–Kier alpha value is -2.07. The fraction of sp³-hybridized carbons (Fsp3) is 0.333. The summed E-state index contributed by atoms with van der Waals surface area (Å²) >= 11 is 1.48. The summed E-state index contributed by atoms with van der Waals surface area (Å²) in [5.74, 6) is -0.864. The Balaban J connectivity index is 1.57. The monoisotopic (exact) mass is 409 g/mol.